The van der Waals surface area contributed by atoms with Crippen molar-refractivity contribution in [1.29, 1.82) is 0 Å². The number of carbonyl (C=O) groups excluding carboxylic acids is 3. The fraction of sp³-hybridized carbons (Fsp3) is 0.667. The van der Waals surface area contributed by atoms with E-state index in [2.05, 4.69) is 0 Å². The zero-order valence-electron chi connectivity index (χ0n) is 25.5. The molecule has 3 heterocycles. The number of aryl methyl sites for hydroxylation is 1. The number of aromatic nitrogens is 2. The van der Waals surface area contributed by atoms with E-state index in [-0.39, 0.29) is 37.4 Å². The maximum Gasteiger partial charge on any atom is 0.328 e. The number of hydrogen-bond donors (Lipinski definition) is 0. The molecule has 6 rings (SSSR count). The first-order valence-corrected chi connectivity index (χ1v) is 16.1. The van der Waals surface area contributed by atoms with Crippen molar-refractivity contribution in [2.45, 2.75) is 96.8 Å². The van der Waals surface area contributed by atoms with E-state index < -0.39 is 29.4 Å². The highest BCUT2D eigenvalue weighted by Gasteiger charge is 2.54. The van der Waals surface area contributed by atoms with Crippen molar-refractivity contribution in [3.63, 3.8) is 0 Å². The van der Waals surface area contributed by atoms with E-state index in [1.54, 1.807) is 12.1 Å². The van der Waals surface area contributed by atoms with Gasteiger partial charge in [0.15, 0.2) is 0 Å². The first kappa shape index (κ1) is 30.1. The van der Waals surface area contributed by atoms with Gasteiger partial charge in [-0.05, 0) is 73.5 Å². The third kappa shape index (κ3) is 6.33. The Bertz CT molecular complexity index is 1410. The van der Waals surface area contributed by atoms with E-state index in [4.69, 9.17) is 35.8 Å². The van der Waals surface area contributed by atoms with Crippen LogP contribution in [0.4, 0.5) is 0 Å². The molecule has 0 radical (unpaired) electrons. The Kier molecular flexibility index (Phi) is 8.31. The zero-order chi connectivity index (χ0) is 30.5. The van der Waals surface area contributed by atoms with Gasteiger partial charge in [-0.1, -0.05) is 45.2 Å². The molecule has 2 aromatic rings. The number of amides is 1. The van der Waals surface area contributed by atoms with Gasteiger partial charge in [-0.15, -0.1) is 0 Å². The number of carbonyl (C=O) groups is 3. The summed E-state index contributed by atoms with van der Waals surface area (Å²) in [6.45, 7) is 6.01. The lowest BCUT2D eigenvalue weighted by Crippen LogP contribution is -2.48. The molecular formula is C33H42ClN3O6. The summed E-state index contributed by atoms with van der Waals surface area (Å²) in [4.78, 5) is 51.7. The minimum atomic E-state index is -0.830. The molecule has 43 heavy (non-hydrogen) atoms. The van der Waals surface area contributed by atoms with Crippen molar-refractivity contribution in [1.82, 2.24) is 14.9 Å². The Balaban J connectivity index is 1.34. The van der Waals surface area contributed by atoms with Crippen LogP contribution in [0.1, 0.15) is 77.8 Å². The standard InChI is InChI=1S/C33H42ClN3O6/c1-33(2,3)23-16-29(38)43-28-13-18-12-22(18)21(28)8-6-5-7-9-25-30(36-26-14-19(34)10-11-24(26)35-25)42-20-15-27(32(40)41-4)37(17-20)31(23)39/h10-11,14,18,20-23,27-28H,5-9,12-13,15-17H2,1-4H3/t18-,20+,21+,22-,23+,27-,28+/m0/s1. The number of ether oxygens (including phenoxy) is 3. The average molecular weight is 612 g/mol. The fourth-order valence-electron chi connectivity index (χ4n) is 7.50. The van der Waals surface area contributed by atoms with Gasteiger partial charge in [0.25, 0.3) is 0 Å². The Hall–Kier alpha value is -2.94. The van der Waals surface area contributed by atoms with Gasteiger partial charge in [-0.3, -0.25) is 9.59 Å². The van der Waals surface area contributed by atoms with Crippen LogP contribution < -0.4 is 4.74 Å². The quantitative estimate of drug-likeness (QED) is 0.387. The number of fused-ring (bicyclic) bond motifs is 7. The van der Waals surface area contributed by atoms with Crippen molar-refractivity contribution < 1.29 is 28.6 Å². The Morgan fingerprint density at radius 3 is 2.60 bits per heavy atom. The average Bonchev–Trinajstić information content (AvgIpc) is 3.45. The number of esters is 2. The van der Waals surface area contributed by atoms with Crippen LogP contribution >= 0.6 is 11.6 Å². The number of halogens is 1. The van der Waals surface area contributed by atoms with Gasteiger partial charge < -0.3 is 19.1 Å². The Morgan fingerprint density at radius 1 is 1.02 bits per heavy atom. The van der Waals surface area contributed by atoms with Crippen LogP contribution in [0, 0.1) is 29.1 Å². The van der Waals surface area contributed by atoms with Crippen LogP contribution in [0.25, 0.3) is 11.0 Å². The van der Waals surface area contributed by atoms with Crippen molar-refractivity contribution >= 4 is 40.5 Å². The molecule has 2 aliphatic heterocycles. The second-order valence-electron chi connectivity index (χ2n) is 13.9. The summed E-state index contributed by atoms with van der Waals surface area (Å²) in [5.41, 5.74) is 1.59. The number of benzene rings is 1. The lowest BCUT2D eigenvalue weighted by Gasteiger charge is -2.34. The molecule has 1 saturated heterocycles. The largest absolute Gasteiger partial charge is 0.471 e. The second kappa shape index (κ2) is 11.9. The zero-order valence-corrected chi connectivity index (χ0v) is 26.3. The number of methoxy groups -OCH3 is 1. The molecule has 2 aliphatic carbocycles. The van der Waals surface area contributed by atoms with Crippen molar-refractivity contribution in [3.8, 4) is 5.88 Å². The molecule has 0 N–H and O–H groups in total. The molecule has 232 valence electrons. The molecule has 0 spiro atoms. The van der Waals surface area contributed by atoms with Crippen molar-refractivity contribution in [2.24, 2.45) is 29.1 Å². The highest BCUT2D eigenvalue weighted by molar-refractivity contribution is 6.31. The van der Waals surface area contributed by atoms with E-state index in [0.717, 1.165) is 43.3 Å². The summed E-state index contributed by atoms with van der Waals surface area (Å²) < 4.78 is 17.7. The summed E-state index contributed by atoms with van der Waals surface area (Å²) in [5.74, 6) is 0.304. The fourth-order valence-corrected chi connectivity index (χ4v) is 7.66. The minimum Gasteiger partial charge on any atom is -0.471 e. The van der Waals surface area contributed by atoms with Gasteiger partial charge in [0, 0.05) is 11.4 Å². The van der Waals surface area contributed by atoms with Crippen LogP contribution in [-0.4, -0.2) is 64.6 Å². The Morgan fingerprint density at radius 2 is 1.84 bits per heavy atom. The van der Waals surface area contributed by atoms with Gasteiger partial charge in [0.2, 0.25) is 11.8 Å². The first-order valence-electron chi connectivity index (χ1n) is 15.7. The number of nitrogens with zero attached hydrogens (tertiary/aromatic N) is 3. The van der Waals surface area contributed by atoms with E-state index >= 15 is 0 Å². The lowest BCUT2D eigenvalue weighted by molar-refractivity contribution is -0.160. The minimum absolute atomic E-state index is 0.0299. The maximum absolute atomic E-state index is 14.2. The summed E-state index contributed by atoms with van der Waals surface area (Å²) in [5, 5.41) is 0.556. The van der Waals surface area contributed by atoms with Crippen LogP contribution in [0.5, 0.6) is 5.88 Å². The highest BCUT2D eigenvalue weighted by Crippen LogP contribution is 2.58. The summed E-state index contributed by atoms with van der Waals surface area (Å²) in [6.07, 6.45) is 6.50. The van der Waals surface area contributed by atoms with E-state index in [1.807, 2.05) is 26.8 Å². The molecule has 7 atom stereocenters. The predicted octanol–water partition coefficient (Wildman–Crippen LogP) is 5.54. The summed E-state index contributed by atoms with van der Waals surface area (Å²) in [7, 11) is 1.32. The highest BCUT2D eigenvalue weighted by atomic mass is 35.5. The lowest BCUT2D eigenvalue weighted by atomic mass is 9.77. The van der Waals surface area contributed by atoms with Gasteiger partial charge in [-0.2, -0.15) is 0 Å². The Labute approximate surface area is 258 Å². The normalized spacial score (nSPS) is 31.7. The molecule has 3 fully saturated rings. The third-order valence-electron chi connectivity index (χ3n) is 9.95. The molecule has 2 bridgehead atoms. The third-order valence-corrected chi connectivity index (χ3v) is 10.2. The van der Waals surface area contributed by atoms with Crippen LogP contribution in [-0.2, 0) is 30.3 Å². The van der Waals surface area contributed by atoms with E-state index in [1.165, 1.54) is 18.4 Å². The SMILES string of the molecule is COC(=O)[C@@H]1C[C@@H]2CN1C(=O)[C@H](C(C)(C)C)CC(=O)O[C@@H]1C[C@@H]3C[C@@H]3[C@H]1CCCCCc1nc3ccc(Cl)cc3nc1O2. The van der Waals surface area contributed by atoms with Crippen molar-refractivity contribution in [3.05, 3.63) is 28.9 Å². The molecule has 0 unspecified atom stereocenters. The molecule has 1 amide bonds. The van der Waals surface area contributed by atoms with Gasteiger partial charge in [0.05, 0.1) is 37.0 Å². The summed E-state index contributed by atoms with van der Waals surface area (Å²) in [6, 6.07) is 4.59. The predicted molar refractivity (Wildman–Crippen MR) is 160 cm³/mol. The summed E-state index contributed by atoms with van der Waals surface area (Å²) >= 11 is 6.26. The monoisotopic (exact) mass is 611 g/mol. The van der Waals surface area contributed by atoms with Gasteiger partial charge in [0.1, 0.15) is 23.9 Å². The molecule has 1 aromatic heterocycles. The molecule has 1 aromatic carbocycles. The second-order valence-corrected chi connectivity index (χ2v) is 14.4. The molecule has 9 nitrogen and oxygen atoms in total. The van der Waals surface area contributed by atoms with Gasteiger partial charge in [-0.25, -0.2) is 14.8 Å². The number of hydrogen-bond acceptors (Lipinski definition) is 8. The smallest absolute Gasteiger partial charge is 0.328 e. The topological polar surface area (TPSA) is 108 Å². The maximum atomic E-state index is 14.2. The molecule has 4 aliphatic rings. The first-order chi connectivity index (χ1) is 20.5. The molecular weight excluding hydrogens is 570 g/mol. The molecule has 10 heteroatoms. The molecule has 2 saturated carbocycles. The number of rotatable bonds is 1. The van der Waals surface area contributed by atoms with Gasteiger partial charge >= 0.3 is 11.9 Å². The van der Waals surface area contributed by atoms with Crippen LogP contribution in [0.15, 0.2) is 18.2 Å². The van der Waals surface area contributed by atoms with Crippen LogP contribution in [0.3, 0.4) is 0 Å². The van der Waals surface area contributed by atoms with E-state index in [9.17, 15) is 14.4 Å². The van der Waals surface area contributed by atoms with Crippen LogP contribution in [0.2, 0.25) is 5.02 Å². The van der Waals surface area contributed by atoms with Crippen molar-refractivity contribution in [2.75, 3.05) is 13.7 Å². The van der Waals surface area contributed by atoms with E-state index in [0.29, 0.717) is 40.6 Å².